The van der Waals surface area contributed by atoms with Crippen LogP contribution in [0.15, 0.2) is 35.7 Å². The van der Waals surface area contributed by atoms with E-state index >= 15 is 0 Å². The highest BCUT2D eigenvalue weighted by atomic mass is 32.2. The molecule has 1 amide bonds. The first-order chi connectivity index (χ1) is 11.2. The van der Waals surface area contributed by atoms with E-state index in [2.05, 4.69) is 15.5 Å². The van der Waals surface area contributed by atoms with Gasteiger partial charge in [-0.25, -0.2) is 4.39 Å². The molecule has 0 bridgehead atoms. The number of nitrogens with zero attached hydrogens (tertiary/aromatic N) is 3. The van der Waals surface area contributed by atoms with Crippen molar-refractivity contribution in [3.8, 4) is 5.69 Å². The molecule has 0 saturated heterocycles. The lowest BCUT2D eigenvalue weighted by molar-refractivity contribution is -0.119. The van der Waals surface area contributed by atoms with Gasteiger partial charge >= 0.3 is 0 Å². The molecule has 0 spiro atoms. The quantitative estimate of drug-likeness (QED) is 0.854. The maximum absolute atomic E-state index is 13.9. The first-order valence-corrected chi connectivity index (χ1v) is 8.79. The van der Waals surface area contributed by atoms with Crippen molar-refractivity contribution >= 4 is 17.7 Å². The molecule has 1 saturated carbocycles. The van der Waals surface area contributed by atoms with E-state index in [0.29, 0.717) is 16.9 Å². The number of para-hydroxylation sites is 1. The van der Waals surface area contributed by atoms with Crippen LogP contribution in [0.2, 0.25) is 0 Å². The zero-order chi connectivity index (χ0) is 16.1. The molecule has 1 aromatic heterocycles. The Bertz CT molecular complexity index is 670. The molecule has 0 atom stereocenters. The average Bonchev–Trinajstić information content (AvgIpc) is 3.03. The Balaban J connectivity index is 1.60. The molecule has 23 heavy (non-hydrogen) atoms. The highest BCUT2D eigenvalue weighted by Gasteiger charge is 2.17. The predicted molar refractivity (Wildman–Crippen MR) is 87.1 cm³/mol. The van der Waals surface area contributed by atoms with Gasteiger partial charge in [0.1, 0.15) is 12.1 Å². The van der Waals surface area contributed by atoms with Crippen LogP contribution >= 0.6 is 11.8 Å². The topological polar surface area (TPSA) is 59.8 Å². The minimum Gasteiger partial charge on any atom is -0.353 e. The number of aromatic nitrogens is 3. The fourth-order valence-electron chi connectivity index (χ4n) is 2.78. The Hall–Kier alpha value is -1.89. The number of hydrogen-bond donors (Lipinski definition) is 1. The van der Waals surface area contributed by atoms with Gasteiger partial charge in [0.05, 0.1) is 11.4 Å². The monoisotopic (exact) mass is 334 g/mol. The van der Waals surface area contributed by atoms with Crippen LogP contribution in [0.4, 0.5) is 4.39 Å². The van der Waals surface area contributed by atoms with E-state index in [0.717, 1.165) is 12.8 Å². The molecule has 0 unspecified atom stereocenters. The fraction of sp³-hybridized carbons (Fsp3) is 0.438. The Morgan fingerprint density at radius 1 is 1.30 bits per heavy atom. The van der Waals surface area contributed by atoms with Gasteiger partial charge in [-0.3, -0.25) is 9.36 Å². The predicted octanol–water partition coefficient (Wildman–Crippen LogP) is 2.95. The van der Waals surface area contributed by atoms with Gasteiger partial charge in [-0.05, 0) is 25.0 Å². The summed E-state index contributed by atoms with van der Waals surface area (Å²) in [5, 5.41) is 11.4. The van der Waals surface area contributed by atoms with Crippen LogP contribution in [0.25, 0.3) is 5.69 Å². The maximum atomic E-state index is 13.9. The van der Waals surface area contributed by atoms with Crippen molar-refractivity contribution in [1.82, 2.24) is 20.1 Å². The van der Waals surface area contributed by atoms with E-state index < -0.39 is 0 Å². The number of amides is 1. The lowest BCUT2D eigenvalue weighted by Crippen LogP contribution is -2.37. The number of thioether (sulfide) groups is 1. The number of hydrogen-bond acceptors (Lipinski definition) is 4. The first kappa shape index (κ1) is 16.0. The minimum absolute atomic E-state index is 0.00927. The molecule has 1 N–H and O–H groups in total. The highest BCUT2D eigenvalue weighted by Crippen LogP contribution is 2.22. The summed E-state index contributed by atoms with van der Waals surface area (Å²) >= 11 is 1.26. The molecule has 5 nitrogen and oxygen atoms in total. The fourth-order valence-corrected chi connectivity index (χ4v) is 3.51. The molecular formula is C16H19FN4OS. The van der Waals surface area contributed by atoms with E-state index in [4.69, 9.17) is 0 Å². The number of halogens is 1. The van der Waals surface area contributed by atoms with Crippen LogP contribution in [0.1, 0.15) is 32.1 Å². The van der Waals surface area contributed by atoms with E-state index in [1.54, 1.807) is 22.8 Å². The van der Waals surface area contributed by atoms with E-state index in [1.807, 2.05) is 0 Å². The molecule has 122 valence electrons. The molecule has 2 aromatic rings. The van der Waals surface area contributed by atoms with Gasteiger partial charge in [0.2, 0.25) is 5.91 Å². The normalized spacial score (nSPS) is 15.5. The van der Waals surface area contributed by atoms with Gasteiger partial charge < -0.3 is 5.32 Å². The minimum atomic E-state index is -0.346. The molecule has 1 fully saturated rings. The van der Waals surface area contributed by atoms with Crippen LogP contribution in [0.3, 0.4) is 0 Å². The number of carbonyl (C=O) groups excluding carboxylic acids is 1. The van der Waals surface area contributed by atoms with Crippen molar-refractivity contribution < 1.29 is 9.18 Å². The van der Waals surface area contributed by atoms with Gasteiger partial charge in [-0.2, -0.15) is 0 Å². The third kappa shape index (κ3) is 4.10. The maximum Gasteiger partial charge on any atom is 0.230 e. The zero-order valence-electron chi connectivity index (χ0n) is 12.7. The Morgan fingerprint density at radius 3 is 2.87 bits per heavy atom. The molecule has 7 heteroatoms. The van der Waals surface area contributed by atoms with Crippen LogP contribution in [0.5, 0.6) is 0 Å². The molecule has 1 aliphatic carbocycles. The average molecular weight is 334 g/mol. The molecule has 0 aliphatic heterocycles. The summed E-state index contributed by atoms with van der Waals surface area (Å²) in [6.45, 7) is 0. The van der Waals surface area contributed by atoms with Crippen molar-refractivity contribution in [2.24, 2.45) is 0 Å². The summed E-state index contributed by atoms with van der Waals surface area (Å²) in [6.07, 6.45) is 7.19. The number of carbonyl (C=O) groups is 1. The Labute approximate surface area is 138 Å². The zero-order valence-corrected chi connectivity index (χ0v) is 13.6. The largest absolute Gasteiger partial charge is 0.353 e. The summed E-state index contributed by atoms with van der Waals surface area (Å²) in [7, 11) is 0. The third-order valence-corrected chi connectivity index (χ3v) is 4.87. The van der Waals surface area contributed by atoms with Gasteiger partial charge in [0.15, 0.2) is 5.16 Å². The third-order valence-electron chi connectivity index (χ3n) is 3.93. The second-order valence-corrected chi connectivity index (χ2v) is 6.57. The van der Waals surface area contributed by atoms with Gasteiger partial charge in [-0.1, -0.05) is 43.2 Å². The van der Waals surface area contributed by atoms with Crippen LogP contribution in [-0.2, 0) is 4.79 Å². The number of benzene rings is 1. The summed E-state index contributed by atoms with van der Waals surface area (Å²) in [5.41, 5.74) is 0.382. The van der Waals surface area contributed by atoms with Crippen molar-refractivity contribution in [2.75, 3.05) is 5.75 Å². The van der Waals surface area contributed by atoms with Gasteiger partial charge in [0, 0.05) is 6.04 Å². The second-order valence-electron chi connectivity index (χ2n) is 5.63. The molecular weight excluding hydrogens is 315 g/mol. The molecule has 0 radical (unpaired) electrons. The smallest absolute Gasteiger partial charge is 0.230 e. The van der Waals surface area contributed by atoms with Gasteiger partial charge in [-0.15, -0.1) is 10.2 Å². The second kappa shape index (κ2) is 7.59. The first-order valence-electron chi connectivity index (χ1n) is 7.81. The Morgan fingerprint density at radius 2 is 2.09 bits per heavy atom. The number of rotatable bonds is 5. The summed E-state index contributed by atoms with van der Waals surface area (Å²) < 4.78 is 15.4. The Kier molecular flexibility index (Phi) is 5.27. The molecule has 1 aliphatic rings. The van der Waals surface area contributed by atoms with Gasteiger partial charge in [0.25, 0.3) is 0 Å². The van der Waals surface area contributed by atoms with Crippen molar-refractivity contribution in [2.45, 2.75) is 43.3 Å². The van der Waals surface area contributed by atoms with Crippen molar-refractivity contribution in [3.05, 3.63) is 36.4 Å². The van der Waals surface area contributed by atoms with E-state index in [-0.39, 0.29) is 17.5 Å². The summed E-state index contributed by atoms with van der Waals surface area (Å²) in [5.74, 6) is -0.102. The van der Waals surface area contributed by atoms with E-state index in [9.17, 15) is 9.18 Å². The molecule has 1 heterocycles. The van der Waals surface area contributed by atoms with Crippen LogP contribution < -0.4 is 5.32 Å². The van der Waals surface area contributed by atoms with Crippen molar-refractivity contribution in [1.29, 1.82) is 0 Å². The molecule has 3 rings (SSSR count). The standard InChI is InChI=1S/C16H19FN4OS/c17-13-8-4-5-9-14(13)21-11-18-20-16(21)23-10-15(22)19-12-6-2-1-3-7-12/h4-5,8-9,11-12H,1-3,6-7,10H2,(H,19,22). The highest BCUT2D eigenvalue weighted by molar-refractivity contribution is 7.99. The summed E-state index contributed by atoms with van der Waals surface area (Å²) in [4.78, 5) is 12.1. The van der Waals surface area contributed by atoms with E-state index in [1.165, 1.54) is 43.4 Å². The molecule has 1 aromatic carbocycles. The van der Waals surface area contributed by atoms with Crippen LogP contribution in [-0.4, -0.2) is 32.5 Å². The number of nitrogens with one attached hydrogen (secondary N) is 1. The van der Waals surface area contributed by atoms with Crippen molar-refractivity contribution in [3.63, 3.8) is 0 Å². The van der Waals surface area contributed by atoms with Crippen LogP contribution in [0, 0.1) is 5.82 Å². The summed E-state index contributed by atoms with van der Waals surface area (Å²) in [6, 6.07) is 6.72. The SMILES string of the molecule is O=C(CSc1nncn1-c1ccccc1F)NC1CCCCC1. The lowest BCUT2D eigenvalue weighted by atomic mass is 9.95. The lowest BCUT2D eigenvalue weighted by Gasteiger charge is -2.22.